The third-order valence-corrected chi connectivity index (χ3v) is 12.3. The minimum absolute atomic E-state index is 0.169. The lowest BCUT2D eigenvalue weighted by molar-refractivity contribution is -0.0807. The number of anilines is 1. The van der Waals surface area contributed by atoms with Gasteiger partial charge in [0.15, 0.2) is 5.82 Å². The summed E-state index contributed by atoms with van der Waals surface area (Å²) in [6, 6.07) is 7.88. The average Bonchev–Trinajstić information content (AvgIpc) is 3.43. The highest BCUT2D eigenvalue weighted by Crippen LogP contribution is 2.50. The number of likely N-dealkylation sites (tertiary alicyclic amines) is 2. The highest BCUT2D eigenvalue weighted by molar-refractivity contribution is 5.71. The summed E-state index contributed by atoms with van der Waals surface area (Å²) in [5.74, 6) is 2.99. The fourth-order valence-corrected chi connectivity index (χ4v) is 9.83. The minimum atomic E-state index is -0.349. The van der Waals surface area contributed by atoms with Gasteiger partial charge in [-0.05, 0) is 98.9 Å². The van der Waals surface area contributed by atoms with Crippen LogP contribution in [0, 0.1) is 23.1 Å². The average molecular weight is 655 g/mol. The Balaban J connectivity index is 0.863. The summed E-state index contributed by atoms with van der Waals surface area (Å²) in [5, 5.41) is 17.0. The lowest BCUT2D eigenvalue weighted by Gasteiger charge is -2.57. The molecule has 11 heteroatoms. The zero-order valence-corrected chi connectivity index (χ0v) is 28.2. The molecule has 2 spiro atoms. The predicted octanol–water partition coefficient (Wildman–Crippen LogP) is 5.71. The van der Waals surface area contributed by atoms with Crippen LogP contribution in [0.15, 0.2) is 36.8 Å². The molecule has 10 nitrogen and oxygen atoms in total. The molecule has 2 atom stereocenters. The van der Waals surface area contributed by atoms with Crippen molar-refractivity contribution < 1.29 is 13.9 Å². The highest BCUT2D eigenvalue weighted by Gasteiger charge is 2.54. The van der Waals surface area contributed by atoms with E-state index in [2.05, 4.69) is 53.9 Å². The van der Waals surface area contributed by atoms with E-state index in [-0.39, 0.29) is 16.8 Å². The molecule has 0 N–H and O–H groups in total. The van der Waals surface area contributed by atoms with Crippen LogP contribution in [0.2, 0.25) is 0 Å². The zero-order valence-electron chi connectivity index (χ0n) is 28.2. The Morgan fingerprint density at radius 2 is 1.85 bits per heavy atom. The van der Waals surface area contributed by atoms with Gasteiger partial charge in [-0.3, -0.25) is 9.80 Å². The molecule has 1 unspecified atom stereocenters. The Morgan fingerprint density at radius 3 is 2.65 bits per heavy atom. The van der Waals surface area contributed by atoms with Gasteiger partial charge in [0.25, 0.3) is 5.88 Å². The van der Waals surface area contributed by atoms with E-state index in [9.17, 15) is 4.39 Å². The van der Waals surface area contributed by atoms with E-state index in [1.165, 1.54) is 57.1 Å². The molecule has 0 amide bonds. The first-order chi connectivity index (χ1) is 23.4. The lowest BCUT2D eigenvalue weighted by Crippen LogP contribution is -2.65. The summed E-state index contributed by atoms with van der Waals surface area (Å²) in [6.45, 7) is 12.2. The van der Waals surface area contributed by atoms with Crippen LogP contribution in [0.4, 0.5) is 10.2 Å². The van der Waals surface area contributed by atoms with Crippen molar-refractivity contribution in [3.8, 4) is 22.9 Å². The molecule has 3 aromatic rings. The smallest absolute Gasteiger partial charge is 0.282 e. The summed E-state index contributed by atoms with van der Waals surface area (Å²) in [4.78, 5) is 12.5. The Hall–Kier alpha value is -3.28. The van der Waals surface area contributed by atoms with Crippen LogP contribution in [0.1, 0.15) is 76.7 Å². The van der Waals surface area contributed by atoms with Gasteiger partial charge in [0, 0.05) is 75.1 Å². The van der Waals surface area contributed by atoms with Gasteiger partial charge in [0.1, 0.15) is 23.6 Å². The molecule has 9 rings (SSSR count). The molecule has 6 fully saturated rings. The molecular weight excluding hydrogens is 607 g/mol. The number of nitrogens with zero attached hydrogens (tertiary/aromatic N) is 8. The molecule has 48 heavy (non-hydrogen) atoms. The molecular formula is C37H47FN8O2. The van der Waals surface area contributed by atoms with E-state index in [4.69, 9.17) is 9.47 Å². The maximum atomic E-state index is 14.6. The number of aromatic nitrogens is 5. The van der Waals surface area contributed by atoms with Gasteiger partial charge in [-0.2, -0.15) is 10.2 Å². The maximum Gasteiger partial charge on any atom is 0.282 e. The second-order valence-electron chi connectivity index (χ2n) is 16.0. The number of hydrogen-bond acceptors (Lipinski definition) is 10. The molecule has 2 saturated carbocycles. The SMILES string of the molecule is CC(C)[C@H](C1CC(N2CCC3(CCCO3)C2)C1)N1CC2(CCN(c3ncnnc3Oc3ccc(F)cc3-c3nnccc3C3CC3)C2)C1. The van der Waals surface area contributed by atoms with Crippen molar-refractivity contribution in [2.75, 3.05) is 50.8 Å². The van der Waals surface area contributed by atoms with Crippen LogP contribution in [0.5, 0.6) is 11.6 Å². The molecule has 254 valence electrons. The van der Waals surface area contributed by atoms with Gasteiger partial charge >= 0.3 is 0 Å². The molecule has 4 aliphatic heterocycles. The van der Waals surface area contributed by atoms with Crippen LogP contribution in [-0.2, 0) is 4.74 Å². The third kappa shape index (κ3) is 5.55. The largest absolute Gasteiger partial charge is 0.434 e. The fourth-order valence-electron chi connectivity index (χ4n) is 9.83. The van der Waals surface area contributed by atoms with Crippen LogP contribution in [-0.4, -0.2) is 98.7 Å². The number of halogens is 1. The molecule has 4 saturated heterocycles. The molecule has 0 bridgehead atoms. The molecule has 1 aromatic carbocycles. The second-order valence-corrected chi connectivity index (χ2v) is 16.0. The molecule has 2 aliphatic carbocycles. The first-order valence-electron chi connectivity index (χ1n) is 18.2. The van der Waals surface area contributed by atoms with Crippen molar-refractivity contribution in [1.82, 2.24) is 35.2 Å². The van der Waals surface area contributed by atoms with Crippen molar-refractivity contribution in [2.45, 2.75) is 88.8 Å². The Labute approximate surface area is 282 Å². The van der Waals surface area contributed by atoms with Gasteiger partial charge in [-0.1, -0.05) is 13.8 Å². The molecule has 2 aromatic heterocycles. The number of hydrogen-bond donors (Lipinski definition) is 0. The van der Waals surface area contributed by atoms with Crippen molar-refractivity contribution >= 4 is 5.82 Å². The van der Waals surface area contributed by atoms with Gasteiger partial charge in [0.05, 0.1) is 5.60 Å². The van der Waals surface area contributed by atoms with Crippen molar-refractivity contribution in [3.63, 3.8) is 0 Å². The maximum absolute atomic E-state index is 14.6. The Morgan fingerprint density at radius 1 is 0.979 bits per heavy atom. The summed E-state index contributed by atoms with van der Waals surface area (Å²) in [5.41, 5.74) is 2.73. The van der Waals surface area contributed by atoms with Crippen molar-refractivity contribution in [1.29, 1.82) is 0 Å². The monoisotopic (exact) mass is 654 g/mol. The lowest BCUT2D eigenvalue weighted by atomic mass is 9.68. The number of rotatable bonds is 9. The Bertz CT molecular complexity index is 1650. The topological polar surface area (TPSA) is 92.6 Å². The van der Waals surface area contributed by atoms with Crippen LogP contribution in [0.25, 0.3) is 11.3 Å². The van der Waals surface area contributed by atoms with Crippen LogP contribution < -0.4 is 9.64 Å². The van der Waals surface area contributed by atoms with Gasteiger partial charge in [0.2, 0.25) is 0 Å². The standard InChI is InChI=1S/C37H47FN8O2/c1-24(2)33(26-16-28(17-26)44-14-11-37(22-44)9-3-15-47-37)46-20-36(21-46)10-13-45(19-36)34-35(43-41-23-39-34)48-31-7-6-27(38)18-30(31)32-29(25-4-5-25)8-12-40-42-32/h6-8,12,18,23-26,28,33H,3-5,9-11,13-17,19-22H2,1-2H3/t26?,28?,33-,37?/m1/s1. The van der Waals surface area contributed by atoms with Crippen molar-refractivity contribution in [2.24, 2.45) is 17.3 Å². The number of ether oxygens (including phenoxy) is 2. The first-order valence-corrected chi connectivity index (χ1v) is 18.2. The molecule has 0 radical (unpaired) electrons. The van der Waals surface area contributed by atoms with Gasteiger partial charge < -0.3 is 14.4 Å². The normalized spacial score (nSPS) is 29.1. The third-order valence-electron chi connectivity index (χ3n) is 12.3. The van der Waals surface area contributed by atoms with Crippen LogP contribution >= 0.6 is 0 Å². The second kappa shape index (κ2) is 11.9. The predicted molar refractivity (Wildman–Crippen MR) is 179 cm³/mol. The summed E-state index contributed by atoms with van der Waals surface area (Å²) < 4.78 is 27.2. The van der Waals surface area contributed by atoms with E-state index in [1.54, 1.807) is 12.3 Å². The highest BCUT2D eigenvalue weighted by atomic mass is 19.1. The first kappa shape index (κ1) is 30.8. The fraction of sp³-hybridized carbons (Fsp3) is 0.649. The van der Waals surface area contributed by atoms with E-state index >= 15 is 0 Å². The van der Waals surface area contributed by atoms with E-state index < -0.39 is 0 Å². The Kier molecular flexibility index (Phi) is 7.66. The van der Waals surface area contributed by atoms with E-state index in [0.29, 0.717) is 46.6 Å². The minimum Gasteiger partial charge on any atom is -0.434 e. The van der Waals surface area contributed by atoms with E-state index in [0.717, 1.165) is 76.1 Å². The van der Waals surface area contributed by atoms with E-state index in [1.807, 2.05) is 6.07 Å². The summed E-state index contributed by atoms with van der Waals surface area (Å²) >= 11 is 0. The summed E-state index contributed by atoms with van der Waals surface area (Å²) in [6.07, 6.45) is 12.9. The number of benzene rings is 1. The van der Waals surface area contributed by atoms with Crippen LogP contribution in [0.3, 0.4) is 0 Å². The zero-order chi connectivity index (χ0) is 32.5. The summed E-state index contributed by atoms with van der Waals surface area (Å²) in [7, 11) is 0. The molecule has 6 aliphatic rings. The quantitative estimate of drug-likeness (QED) is 0.286. The van der Waals surface area contributed by atoms with Gasteiger partial charge in [-0.25, -0.2) is 9.37 Å². The van der Waals surface area contributed by atoms with Crippen molar-refractivity contribution in [3.05, 3.63) is 48.2 Å². The molecule has 6 heterocycles. The van der Waals surface area contributed by atoms with Gasteiger partial charge in [-0.15, -0.1) is 10.2 Å².